The molecule has 0 bridgehead atoms. The minimum atomic E-state index is -0.824. The van der Waals surface area contributed by atoms with Gasteiger partial charge in [-0.05, 0) is 23.8 Å². The molecule has 0 atom stereocenters. The van der Waals surface area contributed by atoms with E-state index >= 15 is 0 Å². The molecule has 1 fully saturated rings. The molecule has 2 aromatic rings. The molecule has 3 rings (SSSR count). The molecule has 0 N–H and O–H groups in total. The quantitative estimate of drug-likeness (QED) is 0.822. The standard InChI is InChI=1S/C20H22F2N2O2/c1-26-17-6-2-4-15(12-17)13-19(25)24-10-8-23(9-11-24)14-16-5-3-7-18(21)20(16)22/h2-7,12H,8-11,13-14H2,1H3. The van der Waals surface area contributed by atoms with E-state index in [1.165, 1.54) is 6.07 Å². The van der Waals surface area contributed by atoms with Crippen molar-refractivity contribution in [3.63, 3.8) is 0 Å². The maximum absolute atomic E-state index is 13.8. The van der Waals surface area contributed by atoms with Gasteiger partial charge < -0.3 is 9.64 Å². The lowest BCUT2D eigenvalue weighted by molar-refractivity contribution is -0.132. The lowest BCUT2D eigenvalue weighted by atomic mass is 10.1. The van der Waals surface area contributed by atoms with Gasteiger partial charge in [0.1, 0.15) is 5.75 Å². The molecule has 0 radical (unpaired) electrons. The minimum Gasteiger partial charge on any atom is -0.497 e. The fourth-order valence-electron chi connectivity index (χ4n) is 3.14. The number of rotatable bonds is 5. The van der Waals surface area contributed by atoms with Crippen LogP contribution in [0.15, 0.2) is 42.5 Å². The van der Waals surface area contributed by atoms with Gasteiger partial charge in [-0.2, -0.15) is 0 Å². The largest absolute Gasteiger partial charge is 0.497 e. The van der Waals surface area contributed by atoms with Gasteiger partial charge in [-0.25, -0.2) is 8.78 Å². The van der Waals surface area contributed by atoms with Crippen LogP contribution < -0.4 is 4.74 Å². The Morgan fingerprint density at radius 3 is 2.54 bits per heavy atom. The highest BCUT2D eigenvalue weighted by Crippen LogP contribution is 2.17. The van der Waals surface area contributed by atoms with E-state index in [1.807, 2.05) is 34.1 Å². The lowest BCUT2D eigenvalue weighted by Crippen LogP contribution is -2.48. The number of nitrogens with zero attached hydrogens (tertiary/aromatic N) is 2. The Morgan fingerprint density at radius 1 is 1.08 bits per heavy atom. The van der Waals surface area contributed by atoms with E-state index in [-0.39, 0.29) is 5.91 Å². The molecule has 4 nitrogen and oxygen atoms in total. The van der Waals surface area contributed by atoms with E-state index in [2.05, 4.69) is 0 Å². The van der Waals surface area contributed by atoms with Crippen molar-refractivity contribution in [1.82, 2.24) is 9.80 Å². The van der Waals surface area contributed by atoms with Crippen LogP contribution in [0.25, 0.3) is 0 Å². The Balaban J connectivity index is 1.53. The average Bonchev–Trinajstić information content (AvgIpc) is 2.66. The summed E-state index contributed by atoms with van der Waals surface area (Å²) in [6, 6.07) is 11.7. The number of ether oxygens (including phenoxy) is 1. The van der Waals surface area contributed by atoms with Crippen molar-refractivity contribution in [3.05, 3.63) is 65.2 Å². The second kappa shape index (κ2) is 8.27. The van der Waals surface area contributed by atoms with Crippen molar-refractivity contribution in [2.75, 3.05) is 33.3 Å². The van der Waals surface area contributed by atoms with Gasteiger partial charge in [0.05, 0.1) is 13.5 Å². The number of halogens is 2. The Labute approximate surface area is 152 Å². The van der Waals surface area contributed by atoms with Crippen molar-refractivity contribution in [2.24, 2.45) is 0 Å². The molecule has 1 amide bonds. The molecule has 2 aromatic carbocycles. The summed E-state index contributed by atoms with van der Waals surface area (Å²) < 4.78 is 32.3. The number of amides is 1. The smallest absolute Gasteiger partial charge is 0.227 e. The van der Waals surface area contributed by atoms with Crippen molar-refractivity contribution < 1.29 is 18.3 Å². The van der Waals surface area contributed by atoms with Gasteiger partial charge in [0.25, 0.3) is 0 Å². The molecule has 0 saturated carbocycles. The second-order valence-electron chi connectivity index (χ2n) is 6.40. The third kappa shape index (κ3) is 4.38. The molecule has 1 saturated heterocycles. The number of carbonyl (C=O) groups excluding carboxylic acids is 1. The first-order valence-corrected chi connectivity index (χ1v) is 8.63. The van der Waals surface area contributed by atoms with Crippen LogP contribution in [-0.4, -0.2) is 49.0 Å². The van der Waals surface area contributed by atoms with Crippen LogP contribution in [0, 0.1) is 11.6 Å². The van der Waals surface area contributed by atoms with Crippen LogP contribution in [0.5, 0.6) is 5.75 Å². The topological polar surface area (TPSA) is 32.8 Å². The first kappa shape index (κ1) is 18.3. The van der Waals surface area contributed by atoms with Gasteiger partial charge in [0.15, 0.2) is 11.6 Å². The maximum Gasteiger partial charge on any atom is 0.227 e. The monoisotopic (exact) mass is 360 g/mol. The fraction of sp³-hybridized carbons (Fsp3) is 0.350. The Kier molecular flexibility index (Phi) is 5.83. The molecular formula is C20H22F2N2O2. The van der Waals surface area contributed by atoms with Crippen LogP contribution in [0.4, 0.5) is 8.78 Å². The summed E-state index contributed by atoms with van der Waals surface area (Å²) in [6.07, 6.45) is 0.329. The predicted octanol–water partition coefficient (Wildman–Crippen LogP) is 2.86. The molecule has 26 heavy (non-hydrogen) atoms. The zero-order valence-electron chi connectivity index (χ0n) is 14.8. The van der Waals surface area contributed by atoms with Crippen molar-refractivity contribution in [3.8, 4) is 5.75 Å². The van der Waals surface area contributed by atoms with Crippen LogP contribution in [0.2, 0.25) is 0 Å². The summed E-state index contributed by atoms with van der Waals surface area (Å²) in [4.78, 5) is 16.3. The number of piperazine rings is 1. The minimum absolute atomic E-state index is 0.0647. The molecule has 1 aliphatic rings. The Morgan fingerprint density at radius 2 is 1.81 bits per heavy atom. The van der Waals surface area contributed by atoms with Crippen LogP contribution in [-0.2, 0) is 17.8 Å². The molecule has 1 heterocycles. The van der Waals surface area contributed by atoms with Crippen molar-refractivity contribution >= 4 is 5.91 Å². The summed E-state index contributed by atoms with van der Waals surface area (Å²) in [7, 11) is 1.60. The van der Waals surface area contributed by atoms with Crippen LogP contribution in [0.1, 0.15) is 11.1 Å². The SMILES string of the molecule is COc1cccc(CC(=O)N2CCN(Cc3cccc(F)c3F)CC2)c1. The number of methoxy groups -OCH3 is 1. The highest BCUT2D eigenvalue weighted by atomic mass is 19.2. The van der Waals surface area contributed by atoms with Gasteiger partial charge in [-0.1, -0.05) is 24.3 Å². The molecule has 0 aromatic heterocycles. The molecule has 1 aliphatic heterocycles. The normalized spacial score (nSPS) is 15.1. The number of hydrogen-bond acceptors (Lipinski definition) is 3. The molecule has 0 aliphatic carbocycles. The van der Waals surface area contributed by atoms with Crippen LogP contribution >= 0.6 is 0 Å². The van der Waals surface area contributed by atoms with Gasteiger partial charge >= 0.3 is 0 Å². The lowest BCUT2D eigenvalue weighted by Gasteiger charge is -2.35. The van der Waals surface area contributed by atoms with Gasteiger partial charge in [0, 0.05) is 38.3 Å². The maximum atomic E-state index is 13.8. The zero-order chi connectivity index (χ0) is 18.5. The summed E-state index contributed by atoms with van der Waals surface area (Å²) in [5.74, 6) is -0.814. The highest BCUT2D eigenvalue weighted by Gasteiger charge is 2.22. The number of hydrogen-bond donors (Lipinski definition) is 0. The van der Waals surface area contributed by atoms with Gasteiger partial charge in [0.2, 0.25) is 5.91 Å². The van der Waals surface area contributed by atoms with E-state index in [1.54, 1.807) is 13.2 Å². The van der Waals surface area contributed by atoms with E-state index in [0.717, 1.165) is 17.4 Å². The number of benzene rings is 2. The summed E-state index contributed by atoms with van der Waals surface area (Å²) in [5, 5.41) is 0. The van der Waals surface area contributed by atoms with Crippen molar-refractivity contribution in [2.45, 2.75) is 13.0 Å². The Hall–Kier alpha value is -2.47. The molecule has 6 heteroatoms. The molecular weight excluding hydrogens is 338 g/mol. The summed E-state index contributed by atoms with van der Waals surface area (Å²) in [5.41, 5.74) is 1.26. The first-order valence-electron chi connectivity index (χ1n) is 8.63. The van der Waals surface area contributed by atoms with E-state index in [4.69, 9.17) is 4.74 Å². The summed E-state index contributed by atoms with van der Waals surface area (Å²) in [6.45, 7) is 2.79. The first-order chi connectivity index (χ1) is 12.6. The van der Waals surface area contributed by atoms with Crippen LogP contribution in [0.3, 0.4) is 0 Å². The van der Waals surface area contributed by atoms with E-state index in [9.17, 15) is 13.6 Å². The molecule has 0 unspecified atom stereocenters. The average molecular weight is 360 g/mol. The highest BCUT2D eigenvalue weighted by molar-refractivity contribution is 5.79. The van der Waals surface area contributed by atoms with E-state index < -0.39 is 11.6 Å². The molecule has 0 spiro atoms. The zero-order valence-corrected chi connectivity index (χ0v) is 14.8. The second-order valence-corrected chi connectivity index (χ2v) is 6.40. The van der Waals surface area contributed by atoms with Gasteiger partial charge in [-0.3, -0.25) is 9.69 Å². The third-order valence-corrected chi connectivity index (χ3v) is 4.64. The van der Waals surface area contributed by atoms with E-state index in [0.29, 0.717) is 44.7 Å². The molecule has 138 valence electrons. The predicted molar refractivity (Wildman–Crippen MR) is 94.9 cm³/mol. The third-order valence-electron chi connectivity index (χ3n) is 4.64. The van der Waals surface area contributed by atoms with Crippen molar-refractivity contribution in [1.29, 1.82) is 0 Å². The van der Waals surface area contributed by atoms with Gasteiger partial charge in [-0.15, -0.1) is 0 Å². The fourth-order valence-corrected chi connectivity index (χ4v) is 3.14. The Bertz CT molecular complexity index is 774. The summed E-state index contributed by atoms with van der Waals surface area (Å²) >= 11 is 0. The number of carbonyl (C=O) groups is 1.